The van der Waals surface area contributed by atoms with Gasteiger partial charge in [0.25, 0.3) is 0 Å². The molecule has 80 valence electrons. The van der Waals surface area contributed by atoms with Crippen molar-refractivity contribution in [1.82, 2.24) is 0 Å². The van der Waals surface area contributed by atoms with Gasteiger partial charge in [0.05, 0.1) is 10.6 Å². The Kier molecular flexibility index (Phi) is 2.34. The Bertz CT molecular complexity index is 519. The number of sulfone groups is 1. The smallest absolute Gasteiger partial charge is 0.179 e. The third kappa shape index (κ3) is 1.79. The van der Waals surface area contributed by atoms with Crippen molar-refractivity contribution in [3.8, 4) is 0 Å². The topological polar surface area (TPSA) is 51.2 Å². The molecule has 15 heavy (non-hydrogen) atoms. The normalized spacial score (nSPS) is 19.4. The van der Waals surface area contributed by atoms with Gasteiger partial charge in [-0.2, -0.15) is 0 Å². The molecule has 0 saturated carbocycles. The first-order chi connectivity index (χ1) is 7.00. The van der Waals surface area contributed by atoms with E-state index in [9.17, 15) is 17.6 Å². The summed E-state index contributed by atoms with van der Waals surface area (Å²) in [4.78, 5) is 11.5. The standard InChI is InChI=1S/C10H9FO3S/c11-7-3-4-10-8(6-7)9(12)2-1-5-15(10,13)14/h3-4,6H,1-2,5H2. The van der Waals surface area contributed by atoms with Gasteiger partial charge in [0.1, 0.15) is 5.82 Å². The second-order valence-electron chi connectivity index (χ2n) is 3.49. The third-order valence-electron chi connectivity index (χ3n) is 2.39. The first-order valence-corrected chi connectivity index (χ1v) is 6.21. The molecule has 1 aliphatic rings. The summed E-state index contributed by atoms with van der Waals surface area (Å²) in [5.41, 5.74) is -0.00694. The van der Waals surface area contributed by atoms with Crippen LogP contribution in [0, 0.1) is 5.82 Å². The van der Waals surface area contributed by atoms with Crippen LogP contribution in [0.1, 0.15) is 23.2 Å². The SMILES string of the molecule is O=C1CCCS(=O)(=O)c2ccc(F)cc21. The van der Waals surface area contributed by atoms with Gasteiger partial charge in [0.2, 0.25) is 0 Å². The lowest BCUT2D eigenvalue weighted by Crippen LogP contribution is -2.07. The first kappa shape index (κ1) is 10.3. The number of ketones is 1. The van der Waals surface area contributed by atoms with E-state index >= 15 is 0 Å². The molecule has 0 amide bonds. The van der Waals surface area contributed by atoms with E-state index in [4.69, 9.17) is 0 Å². The lowest BCUT2D eigenvalue weighted by atomic mass is 10.1. The molecule has 0 saturated heterocycles. The molecule has 1 heterocycles. The third-order valence-corrected chi connectivity index (χ3v) is 4.25. The molecular formula is C10H9FO3S. The van der Waals surface area contributed by atoms with Crippen molar-refractivity contribution in [1.29, 1.82) is 0 Å². The van der Waals surface area contributed by atoms with Crippen molar-refractivity contribution >= 4 is 15.6 Å². The summed E-state index contributed by atoms with van der Waals surface area (Å²) in [6.45, 7) is 0. The van der Waals surface area contributed by atoms with Gasteiger partial charge in [0.15, 0.2) is 15.6 Å². The summed E-state index contributed by atoms with van der Waals surface area (Å²) >= 11 is 0. The van der Waals surface area contributed by atoms with E-state index < -0.39 is 15.7 Å². The highest BCUT2D eigenvalue weighted by atomic mass is 32.2. The van der Waals surface area contributed by atoms with Crippen molar-refractivity contribution in [2.75, 3.05) is 5.75 Å². The van der Waals surface area contributed by atoms with Gasteiger partial charge < -0.3 is 0 Å². The van der Waals surface area contributed by atoms with Crippen molar-refractivity contribution in [3.63, 3.8) is 0 Å². The van der Waals surface area contributed by atoms with Gasteiger partial charge in [-0.1, -0.05) is 0 Å². The summed E-state index contributed by atoms with van der Waals surface area (Å²) in [7, 11) is -3.42. The average Bonchev–Trinajstić information content (AvgIpc) is 2.25. The van der Waals surface area contributed by atoms with Crippen LogP contribution in [0.3, 0.4) is 0 Å². The molecule has 0 aliphatic carbocycles. The van der Waals surface area contributed by atoms with E-state index in [1.807, 2.05) is 0 Å². The van der Waals surface area contributed by atoms with Crippen LogP contribution < -0.4 is 0 Å². The van der Waals surface area contributed by atoms with Crippen LogP contribution in [-0.2, 0) is 9.84 Å². The predicted molar refractivity (Wildman–Crippen MR) is 52.0 cm³/mol. The molecular weight excluding hydrogens is 219 g/mol. The number of carbonyl (C=O) groups excluding carboxylic acids is 1. The minimum atomic E-state index is -3.42. The molecule has 5 heteroatoms. The number of fused-ring (bicyclic) bond motifs is 1. The molecule has 0 radical (unpaired) electrons. The van der Waals surface area contributed by atoms with Crippen LogP contribution in [0.15, 0.2) is 23.1 Å². The fraction of sp³-hybridized carbons (Fsp3) is 0.300. The summed E-state index contributed by atoms with van der Waals surface area (Å²) in [5.74, 6) is -0.929. The zero-order chi connectivity index (χ0) is 11.1. The summed E-state index contributed by atoms with van der Waals surface area (Å²) in [6.07, 6.45) is 0.465. The Morgan fingerprint density at radius 3 is 2.73 bits per heavy atom. The summed E-state index contributed by atoms with van der Waals surface area (Å²) in [6, 6.07) is 3.23. The van der Waals surface area contributed by atoms with Gasteiger partial charge in [-0.15, -0.1) is 0 Å². The van der Waals surface area contributed by atoms with Crippen LogP contribution in [-0.4, -0.2) is 20.0 Å². The largest absolute Gasteiger partial charge is 0.294 e. The zero-order valence-electron chi connectivity index (χ0n) is 7.86. The maximum Gasteiger partial charge on any atom is 0.179 e. The van der Waals surface area contributed by atoms with Gasteiger partial charge in [-0.25, -0.2) is 12.8 Å². The van der Waals surface area contributed by atoms with E-state index in [0.29, 0.717) is 6.42 Å². The fourth-order valence-electron chi connectivity index (χ4n) is 1.66. The Balaban J connectivity index is 2.73. The molecule has 0 aromatic heterocycles. The minimum Gasteiger partial charge on any atom is -0.294 e. The lowest BCUT2D eigenvalue weighted by molar-refractivity contribution is 0.0979. The van der Waals surface area contributed by atoms with Crippen molar-refractivity contribution in [3.05, 3.63) is 29.6 Å². The minimum absolute atomic E-state index is 0.00694. The Hall–Kier alpha value is -1.23. The van der Waals surface area contributed by atoms with Crippen molar-refractivity contribution in [2.45, 2.75) is 17.7 Å². The molecule has 0 unspecified atom stereocenters. The van der Waals surface area contributed by atoms with Crippen molar-refractivity contribution < 1.29 is 17.6 Å². The fourth-order valence-corrected chi connectivity index (χ4v) is 3.19. The Labute approximate surface area is 86.8 Å². The van der Waals surface area contributed by atoms with E-state index in [-0.39, 0.29) is 28.4 Å². The highest BCUT2D eigenvalue weighted by Crippen LogP contribution is 2.24. The van der Waals surface area contributed by atoms with Gasteiger partial charge in [-0.3, -0.25) is 4.79 Å². The Morgan fingerprint density at radius 1 is 1.27 bits per heavy atom. The number of rotatable bonds is 0. The van der Waals surface area contributed by atoms with E-state index in [2.05, 4.69) is 0 Å². The van der Waals surface area contributed by atoms with Crippen LogP contribution in [0.4, 0.5) is 4.39 Å². The zero-order valence-corrected chi connectivity index (χ0v) is 8.68. The number of halogens is 1. The monoisotopic (exact) mass is 228 g/mol. The van der Waals surface area contributed by atoms with Crippen molar-refractivity contribution in [2.24, 2.45) is 0 Å². The number of hydrogen-bond acceptors (Lipinski definition) is 3. The van der Waals surface area contributed by atoms with E-state index in [1.54, 1.807) is 0 Å². The predicted octanol–water partition coefficient (Wildman–Crippen LogP) is 1.58. The van der Waals surface area contributed by atoms with Gasteiger partial charge in [-0.05, 0) is 24.6 Å². The quantitative estimate of drug-likeness (QED) is 0.633. The van der Waals surface area contributed by atoms with Crippen LogP contribution in [0.2, 0.25) is 0 Å². The Morgan fingerprint density at radius 2 is 2.00 bits per heavy atom. The maximum absolute atomic E-state index is 12.9. The average molecular weight is 228 g/mol. The second-order valence-corrected chi connectivity index (χ2v) is 5.56. The van der Waals surface area contributed by atoms with E-state index in [0.717, 1.165) is 12.1 Å². The lowest BCUT2D eigenvalue weighted by Gasteiger charge is -2.04. The first-order valence-electron chi connectivity index (χ1n) is 4.56. The number of hydrogen-bond donors (Lipinski definition) is 0. The number of Topliss-reactive ketones (excluding diaryl/α,β-unsaturated/α-hetero) is 1. The highest BCUT2D eigenvalue weighted by Gasteiger charge is 2.26. The molecule has 0 spiro atoms. The maximum atomic E-state index is 12.9. The second kappa shape index (κ2) is 3.41. The van der Waals surface area contributed by atoms with Crippen LogP contribution in [0.5, 0.6) is 0 Å². The number of carbonyl (C=O) groups is 1. The molecule has 0 fully saturated rings. The van der Waals surface area contributed by atoms with E-state index in [1.165, 1.54) is 6.07 Å². The summed E-state index contributed by atoms with van der Waals surface area (Å²) < 4.78 is 36.3. The van der Waals surface area contributed by atoms with Gasteiger partial charge in [0, 0.05) is 12.0 Å². The molecule has 1 aromatic rings. The highest BCUT2D eigenvalue weighted by molar-refractivity contribution is 7.91. The summed E-state index contributed by atoms with van der Waals surface area (Å²) in [5, 5.41) is 0. The van der Waals surface area contributed by atoms with Crippen LogP contribution in [0.25, 0.3) is 0 Å². The molecule has 0 bridgehead atoms. The molecule has 1 aliphatic heterocycles. The molecule has 0 atom stereocenters. The number of benzene rings is 1. The molecule has 2 rings (SSSR count). The molecule has 1 aromatic carbocycles. The molecule has 3 nitrogen and oxygen atoms in total. The van der Waals surface area contributed by atoms with Crippen LogP contribution >= 0.6 is 0 Å². The molecule has 0 N–H and O–H groups in total. The van der Waals surface area contributed by atoms with Gasteiger partial charge >= 0.3 is 0 Å².